The average Bonchev–Trinajstić information content (AvgIpc) is 2.60. The third-order valence-electron chi connectivity index (χ3n) is 4.42. The van der Waals surface area contributed by atoms with Crippen LogP contribution in [0.2, 0.25) is 0 Å². The predicted molar refractivity (Wildman–Crippen MR) is 99.7 cm³/mol. The number of halogens is 1. The Bertz CT molecular complexity index is 626. The van der Waals surface area contributed by atoms with Gasteiger partial charge >= 0.3 is 0 Å². The lowest BCUT2D eigenvalue weighted by Crippen LogP contribution is -2.20. The molecule has 1 saturated carbocycles. The third kappa shape index (κ3) is 5.20. The van der Waals surface area contributed by atoms with E-state index in [1.807, 2.05) is 24.9 Å². The molecule has 5 nitrogen and oxygen atoms in total. The van der Waals surface area contributed by atoms with Crippen molar-refractivity contribution in [3.8, 4) is 11.9 Å². The van der Waals surface area contributed by atoms with Crippen LogP contribution in [0.1, 0.15) is 38.3 Å². The molecular weight excluding hydrogens is 368 g/mol. The van der Waals surface area contributed by atoms with Crippen LogP contribution in [0.5, 0.6) is 5.88 Å². The second kappa shape index (κ2) is 9.03. The summed E-state index contributed by atoms with van der Waals surface area (Å²) in [5, 5.41) is 9.08. The third-order valence-corrected chi connectivity index (χ3v) is 4.99. The number of ether oxygens (including phenoxy) is 1. The Balaban J connectivity index is 2.00. The lowest BCUT2D eigenvalue weighted by Gasteiger charge is -2.25. The molecule has 1 fully saturated rings. The first-order chi connectivity index (χ1) is 11.5. The Hall–Kier alpha value is -1.61. The molecule has 0 aliphatic heterocycles. The van der Waals surface area contributed by atoms with Crippen LogP contribution >= 0.6 is 15.9 Å². The van der Waals surface area contributed by atoms with Crippen LogP contribution in [0.3, 0.4) is 0 Å². The number of hydrogen-bond donors (Lipinski definition) is 0. The molecule has 1 aliphatic carbocycles. The van der Waals surface area contributed by atoms with Crippen molar-refractivity contribution in [2.24, 2.45) is 16.8 Å². The molecule has 6 heteroatoms. The van der Waals surface area contributed by atoms with Gasteiger partial charge in [-0.25, -0.2) is 9.98 Å². The van der Waals surface area contributed by atoms with Gasteiger partial charge in [0.2, 0.25) is 5.88 Å². The number of nitriles is 1. The lowest BCUT2D eigenvalue weighted by molar-refractivity contribution is 0.186. The van der Waals surface area contributed by atoms with Crippen molar-refractivity contribution in [2.75, 3.05) is 20.2 Å². The van der Waals surface area contributed by atoms with Gasteiger partial charge < -0.3 is 9.64 Å². The Kier molecular flexibility index (Phi) is 7.04. The van der Waals surface area contributed by atoms with Gasteiger partial charge in [0.1, 0.15) is 0 Å². The normalized spacial score (nSPS) is 20.8. The van der Waals surface area contributed by atoms with Crippen molar-refractivity contribution in [1.82, 2.24) is 9.88 Å². The fourth-order valence-electron chi connectivity index (χ4n) is 2.78. The van der Waals surface area contributed by atoms with Gasteiger partial charge in [-0.05, 0) is 61.0 Å². The van der Waals surface area contributed by atoms with Crippen molar-refractivity contribution in [1.29, 1.82) is 5.26 Å². The summed E-state index contributed by atoms with van der Waals surface area (Å²) in [6, 6.07) is 4.33. The molecule has 24 heavy (non-hydrogen) atoms. The lowest BCUT2D eigenvalue weighted by atomic mass is 9.83. The van der Waals surface area contributed by atoms with E-state index in [0.717, 1.165) is 48.1 Å². The zero-order chi connectivity index (χ0) is 17.5. The SMILES string of the molecule is CCN(C)C=Nc1cc(Br)c(OCC2CCCC(C#N)C2)nc1C. The van der Waals surface area contributed by atoms with E-state index in [2.05, 4.69) is 38.9 Å². The highest BCUT2D eigenvalue weighted by atomic mass is 79.9. The van der Waals surface area contributed by atoms with Gasteiger partial charge in [0.25, 0.3) is 0 Å². The Morgan fingerprint density at radius 2 is 2.33 bits per heavy atom. The summed E-state index contributed by atoms with van der Waals surface area (Å²) in [7, 11) is 1.98. The second-order valence-corrected chi connectivity index (χ2v) is 7.22. The van der Waals surface area contributed by atoms with E-state index in [9.17, 15) is 0 Å². The fraction of sp³-hybridized carbons (Fsp3) is 0.611. The van der Waals surface area contributed by atoms with Gasteiger partial charge in [0, 0.05) is 19.5 Å². The predicted octanol–water partition coefficient (Wildman–Crippen LogP) is 4.47. The number of hydrogen-bond acceptors (Lipinski definition) is 4. The van der Waals surface area contributed by atoms with Crippen molar-refractivity contribution in [3.05, 3.63) is 16.2 Å². The van der Waals surface area contributed by atoms with Gasteiger partial charge in [-0.1, -0.05) is 6.42 Å². The summed E-state index contributed by atoms with van der Waals surface area (Å²) < 4.78 is 6.73. The molecule has 1 aromatic rings. The number of aliphatic imine (C=N–C) groups is 1. The van der Waals surface area contributed by atoms with Gasteiger partial charge in [-0.3, -0.25) is 0 Å². The molecule has 0 N–H and O–H groups in total. The van der Waals surface area contributed by atoms with Crippen LogP contribution in [0.15, 0.2) is 15.5 Å². The van der Waals surface area contributed by atoms with Crippen molar-refractivity contribution in [2.45, 2.75) is 39.5 Å². The number of aryl methyl sites for hydroxylation is 1. The Morgan fingerprint density at radius 3 is 3.04 bits per heavy atom. The highest BCUT2D eigenvalue weighted by Crippen LogP contribution is 2.32. The molecule has 1 heterocycles. The molecule has 0 aromatic carbocycles. The summed E-state index contributed by atoms with van der Waals surface area (Å²) in [5.74, 6) is 1.22. The van der Waals surface area contributed by atoms with Crippen molar-refractivity contribution < 1.29 is 4.74 Å². The van der Waals surface area contributed by atoms with Gasteiger partial charge in [-0.15, -0.1) is 0 Å². The molecule has 130 valence electrons. The second-order valence-electron chi connectivity index (χ2n) is 6.37. The minimum absolute atomic E-state index is 0.178. The minimum atomic E-state index is 0.178. The maximum absolute atomic E-state index is 9.08. The number of aromatic nitrogens is 1. The topological polar surface area (TPSA) is 61.5 Å². The number of nitrogens with zero attached hydrogens (tertiary/aromatic N) is 4. The molecule has 2 unspecified atom stereocenters. The summed E-state index contributed by atoms with van der Waals surface area (Å²) in [6.07, 6.45) is 5.99. The van der Waals surface area contributed by atoms with E-state index in [1.54, 1.807) is 6.34 Å². The summed E-state index contributed by atoms with van der Waals surface area (Å²) in [6.45, 7) is 5.53. The molecule has 0 radical (unpaired) electrons. The van der Waals surface area contributed by atoms with Gasteiger partial charge in [0.15, 0.2) is 0 Å². The van der Waals surface area contributed by atoms with E-state index >= 15 is 0 Å². The highest BCUT2D eigenvalue weighted by Gasteiger charge is 2.22. The van der Waals surface area contributed by atoms with Crippen LogP contribution in [0.4, 0.5) is 5.69 Å². The van der Waals surface area contributed by atoms with E-state index < -0.39 is 0 Å². The first kappa shape index (κ1) is 18.7. The van der Waals surface area contributed by atoms with Crippen LogP contribution in [0, 0.1) is 30.1 Å². The standard InChI is InChI=1S/C18H25BrN4O/c1-4-23(3)12-21-17-9-16(19)18(22-13(17)2)24-11-15-7-5-6-14(8-15)10-20/h9,12,14-15H,4-8,11H2,1-3H3. The van der Waals surface area contributed by atoms with Crippen LogP contribution < -0.4 is 4.74 Å². The summed E-state index contributed by atoms with van der Waals surface area (Å²) in [5.41, 5.74) is 1.67. The van der Waals surface area contributed by atoms with Crippen LogP contribution in [-0.4, -0.2) is 36.4 Å². The molecule has 0 amide bonds. The van der Waals surface area contributed by atoms with E-state index in [1.165, 1.54) is 0 Å². The maximum Gasteiger partial charge on any atom is 0.228 e. The molecule has 2 rings (SSSR count). The smallest absolute Gasteiger partial charge is 0.228 e. The minimum Gasteiger partial charge on any atom is -0.477 e. The first-order valence-corrected chi connectivity index (χ1v) is 9.26. The average molecular weight is 393 g/mol. The summed E-state index contributed by atoms with van der Waals surface area (Å²) in [4.78, 5) is 11.0. The van der Waals surface area contributed by atoms with E-state index in [0.29, 0.717) is 18.4 Å². The van der Waals surface area contributed by atoms with Crippen molar-refractivity contribution >= 4 is 28.0 Å². The van der Waals surface area contributed by atoms with Gasteiger partial charge in [-0.2, -0.15) is 5.26 Å². The molecule has 0 saturated heterocycles. The molecule has 1 aromatic heterocycles. The van der Waals surface area contributed by atoms with E-state index in [4.69, 9.17) is 10.00 Å². The van der Waals surface area contributed by atoms with Crippen molar-refractivity contribution in [3.63, 3.8) is 0 Å². The molecular formula is C18H25BrN4O. The maximum atomic E-state index is 9.08. The zero-order valence-corrected chi connectivity index (χ0v) is 16.2. The zero-order valence-electron chi connectivity index (χ0n) is 14.6. The summed E-state index contributed by atoms with van der Waals surface area (Å²) >= 11 is 3.53. The fourth-order valence-corrected chi connectivity index (χ4v) is 3.20. The quantitative estimate of drug-likeness (QED) is 0.528. The van der Waals surface area contributed by atoms with E-state index in [-0.39, 0.29) is 5.92 Å². The molecule has 1 aliphatic rings. The number of rotatable bonds is 6. The highest BCUT2D eigenvalue weighted by molar-refractivity contribution is 9.10. The monoisotopic (exact) mass is 392 g/mol. The first-order valence-electron chi connectivity index (χ1n) is 8.47. The Morgan fingerprint density at radius 1 is 1.54 bits per heavy atom. The van der Waals surface area contributed by atoms with Crippen LogP contribution in [0.25, 0.3) is 0 Å². The van der Waals surface area contributed by atoms with Crippen LogP contribution in [-0.2, 0) is 0 Å². The largest absolute Gasteiger partial charge is 0.477 e. The molecule has 2 atom stereocenters. The molecule has 0 spiro atoms. The number of pyridine rings is 1. The van der Waals surface area contributed by atoms with Gasteiger partial charge in [0.05, 0.1) is 34.9 Å². The molecule has 0 bridgehead atoms. The Labute approximate surface area is 152 Å².